The van der Waals surface area contributed by atoms with Crippen molar-refractivity contribution in [3.8, 4) is 39.6 Å². The number of hydrogen-bond donors (Lipinski definition) is 0. The third kappa shape index (κ3) is 5.75. The van der Waals surface area contributed by atoms with Crippen molar-refractivity contribution in [2.75, 3.05) is 4.90 Å². The Labute approximate surface area is 404 Å². The molecule has 0 bridgehead atoms. The molecule has 0 amide bonds. The van der Waals surface area contributed by atoms with Gasteiger partial charge in [-0.1, -0.05) is 146 Å². The topological polar surface area (TPSA) is 30.9 Å². The highest BCUT2D eigenvalue weighted by molar-refractivity contribution is 6.19. The van der Waals surface area contributed by atoms with Gasteiger partial charge in [0.1, 0.15) is 0 Å². The fourth-order valence-electron chi connectivity index (χ4n) is 11.8. The number of allylic oxidation sites excluding steroid dienone is 2. The smallest absolute Gasteiger partial charge is 0.0709 e. The molecule has 0 spiro atoms. The van der Waals surface area contributed by atoms with Gasteiger partial charge in [-0.25, -0.2) is 4.98 Å². The van der Waals surface area contributed by atoms with E-state index in [0.717, 1.165) is 33.9 Å². The lowest BCUT2D eigenvalue weighted by Crippen LogP contribution is -2.28. The van der Waals surface area contributed by atoms with Crippen molar-refractivity contribution in [1.82, 2.24) is 18.7 Å². The van der Waals surface area contributed by atoms with Crippen LogP contribution in [0.25, 0.3) is 105 Å². The van der Waals surface area contributed by atoms with E-state index in [1.807, 2.05) is 0 Å². The van der Waals surface area contributed by atoms with E-state index >= 15 is 0 Å². The second-order valence-corrected chi connectivity index (χ2v) is 18.7. The Morgan fingerprint density at radius 3 is 1.27 bits per heavy atom. The second-order valence-electron chi connectivity index (χ2n) is 18.7. The number of hydrogen-bond acceptors (Lipinski definition) is 2. The number of fused-ring (bicyclic) bond motifs is 12. The molecule has 70 heavy (non-hydrogen) atoms. The van der Waals surface area contributed by atoms with E-state index in [1.54, 1.807) is 0 Å². The molecule has 2 atom stereocenters. The predicted octanol–water partition coefficient (Wildman–Crippen LogP) is 16.4. The van der Waals surface area contributed by atoms with Gasteiger partial charge in [-0.05, 0) is 109 Å². The molecular formula is C65H43N5. The first-order chi connectivity index (χ1) is 34.7. The highest BCUT2D eigenvalue weighted by atomic mass is 15.2. The predicted molar refractivity (Wildman–Crippen MR) is 292 cm³/mol. The van der Waals surface area contributed by atoms with Gasteiger partial charge in [0.05, 0.1) is 50.5 Å². The van der Waals surface area contributed by atoms with Crippen LogP contribution in [-0.4, -0.2) is 24.7 Å². The third-order valence-electron chi connectivity index (χ3n) is 15.0. The lowest BCUT2D eigenvalue weighted by atomic mass is 9.91. The molecule has 0 saturated heterocycles. The molecule has 15 rings (SSSR count). The van der Waals surface area contributed by atoms with E-state index in [-0.39, 0.29) is 12.0 Å². The summed E-state index contributed by atoms with van der Waals surface area (Å²) < 4.78 is 7.24. The SMILES string of the molecule is C1=CC2c3cc4c(cc3N(c3ccc(-c5cccc(-c6ccc(-n7c8ccccc8c8cc9c(cc87)c7ccccc7n9-c7ccccc7)cc6)n5)cc3)C2C=C1)c1ccccc1n4-c1ccccc1. The van der Waals surface area contributed by atoms with Crippen LogP contribution in [0, 0.1) is 0 Å². The number of nitrogens with zero attached hydrogens (tertiary/aromatic N) is 5. The molecule has 4 aromatic heterocycles. The highest BCUT2D eigenvalue weighted by Gasteiger charge is 2.38. The molecule has 2 unspecified atom stereocenters. The van der Waals surface area contributed by atoms with Crippen molar-refractivity contribution in [3.05, 3.63) is 254 Å². The standard InChI is InChI=1S/C65H43N5/c1-3-16-44(17-4-1)67-58-26-11-7-20-48(58)52-40-64-54(38-62(52)67)50-22-9-13-28-60(50)69(64)46-34-30-42(31-35-46)56-24-15-25-57(66-56)43-32-36-47(37-33-43)70-61-29-14-10-23-51(61)55-39-63-53(41-65(55)70)49-21-8-12-27-59(49)68(63)45-18-5-2-6-19-45/h1-41,50,60H. The molecule has 1 aliphatic heterocycles. The minimum Gasteiger partial charge on any atom is -0.333 e. The van der Waals surface area contributed by atoms with Crippen molar-refractivity contribution in [2.45, 2.75) is 12.0 Å². The van der Waals surface area contributed by atoms with E-state index in [4.69, 9.17) is 4.98 Å². The normalized spacial score (nSPS) is 15.3. The Kier molecular flexibility index (Phi) is 8.42. The van der Waals surface area contributed by atoms with E-state index in [1.165, 1.54) is 88.0 Å². The van der Waals surface area contributed by atoms with Crippen LogP contribution in [0.1, 0.15) is 11.5 Å². The number of para-hydroxylation sites is 5. The summed E-state index contributed by atoms with van der Waals surface area (Å²) in [5.74, 6) is 0.245. The first-order valence-electron chi connectivity index (χ1n) is 24.2. The zero-order valence-electron chi connectivity index (χ0n) is 38.1. The number of benzene rings is 9. The molecule has 0 saturated carbocycles. The zero-order valence-corrected chi connectivity index (χ0v) is 38.1. The summed E-state index contributed by atoms with van der Waals surface area (Å²) in [7, 11) is 0. The van der Waals surface area contributed by atoms with E-state index in [0.29, 0.717) is 0 Å². The highest BCUT2D eigenvalue weighted by Crippen LogP contribution is 2.51. The molecule has 5 nitrogen and oxygen atoms in total. The molecule has 328 valence electrons. The maximum absolute atomic E-state index is 5.27. The summed E-state index contributed by atoms with van der Waals surface area (Å²) in [4.78, 5) is 7.80. The number of aromatic nitrogens is 4. The molecule has 0 N–H and O–H groups in total. The van der Waals surface area contributed by atoms with Crippen molar-refractivity contribution < 1.29 is 0 Å². The third-order valence-corrected chi connectivity index (χ3v) is 15.0. The Morgan fingerprint density at radius 2 is 0.743 bits per heavy atom. The molecule has 2 aliphatic rings. The van der Waals surface area contributed by atoms with Gasteiger partial charge in [-0.15, -0.1) is 0 Å². The summed E-state index contributed by atoms with van der Waals surface area (Å²) in [6, 6.07) is 81.9. The molecule has 13 aromatic rings. The Hall–Kier alpha value is -9.19. The Morgan fingerprint density at radius 1 is 0.314 bits per heavy atom. The van der Waals surface area contributed by atoms with Crippen molar-refractivity contribution in [2.24, 2.45) is 0 Å². The monoisotopic (exact) mass is 893 g/mol. The number of anilines is 2. The van der Waals surface area contributed by atoms with Crippen LogP contribution >= 0.6 is 0 Å². The summed E-state index contributed by atoms with van der Waals surface area (Å²) in [5.41, 5.74) is 18.5. The van der Waals surface area contributed by atoms with Crippen LogP contribution in [0.4, 0.5) is 11.4 Å². The molecule has 1 aliphatic carbocycles. The van der Waals surface area contributed by atoms with Crippen LogP contribution < -0.4 is 4.90 Å². The van der Waals surface area contributed by atoms with Crippen LogP contribution in [0.3, 0.4) is 0 Å². The largest absolute Gasteiger partial charge is 0.333 e. The molecule has 5 heterocycles. The lowest BCUT2D eigenvalue weighted by molar-refractivity contribution is 0.745. The minimum atomic E-state index is 0.184. The minimum absolute atomic E-state index is 0.184. The average Bonchev–Trinajstić information content (AvgIpc) is 4.15. The van der Waals surface area contributed by atoms with Gasteiger partial charge >= 0.3 is 0 Å². The van der Waals surface area contributed by atoms with Gasteiger partial charge in [-0.3, -0.25) is 0 Å². The maximum atomic E-state index is 5.27. The molecule has 0 radical (unpaired) electrons. The van der Waals surface area contributed by atoms with Crippen LogP contribution in [0.15, 0.2) is 249 Å². The molecule has 0 fully saturated rings. The Bertz CT molecular complexity index is 4280. The van der Waals surface area contributed by atoms with Gasteiger partial charge in [0.25, 0.3) is 0 Å². The van der Waals surface area contributed by atoms with Gasteiger partial charge in [0, 0.05) is 77.8 Å². The summed E-state index contributed by atoms with van der Waals surface area (Å²) >= 11 is 0. The van der Waals surface area contributed by atoms with Crippen LogP contribution in [-0.2, 0) is 0 Å². The fourth-order valence-corrected chi connectivity index (χ4v) is 11.8. The molecule has 5 heteroatoms. The van der Waals surface area contributed by atoms with E-state index in [2.05, 4.69) is 267 Å². The average molecular weight is 894 g/mol. The number of rotatable bonds is 6. The Balaban J connectivity index is 0.777. The van der Waals surface area contributed by atoms with Crippen LogP contribution in [0.2, 0.25) is 0 Å². The lowest BCUT2D eigenvalue weighted by Gasteiger charge is -2.28. The molecular weight excluding hydrogens is 851 g/mol. The van der Waals surface area contributed by atoms with Gasteiger partial charge in [0.2, 0.25) is 0 Å². The van der Waals surface area contributed by atoms with Gasteiger partial charge in [-0.2, -0.15) is 0 Å². The molecule has 9 aromatic carbocycles. The van der Waals surface area contributed by atoms with Crippen molar-refractivity contribution in [1.29, 1.82) is 0 Å². The van der Waals surface area contributed by atoms with Crippen molar-refractivity contribution >= 4 is 76.8 Å². The summed E-state index contributed by atoms with van der Waals surface area (Å²) in [5, 5.41) is 7.48. The zero-order chi connectivity index (χ0) is 45.9. The van der Waals surface area contributed by atoms with Crippen molar-refractivity contribution in [3.63, 3.8) is 0 Å². The summed E-state index contributed by atoms with van der Waals surface area (Å²) in [6.07, 6.45) is 9.13. The van der Waals surface area contributed by atoms with E-state index < -0.39 is 0 Å². The quantitative estimate of drug-likeness (QED) is 0.167. The van der Waals surface area contributed by atoms with E-state index in [9.17, 15) is 0 Å². The summed E-state index contributed by atoms with van der Waals surface area (Å²) in [6.45, 7) is 0. The first kappa shape index (κ1) is 38.9. The van der Waals surface area contributed by atoms with Gasteiger partial charge in [0.15, 0.2) is 0 Å². The maximum Gasteiger partial charge on any atom is 0.0709 e. The number of pyridine rings is 1. The first-order valence-corrected chi connectivity index (χ1v) is 24.2. The van der Waals surface area contributed by atoms with Gasteiger partial charge < -0.3 is 18.6 Å². The fraction of sp³-hybridized carbons (Fsp3) is 0.0308. The van der Waals surface area contributed by atoms with Crippen LogP contribution in [0.5, 0.6) is 0 Å². The second kappa shape index (κ2) is 15.2.